The van der Waals surface area contributed by atoms with Crippen LogP contribution in [0.15, 0.2) is 0 Å². The van der Waals surface area contributed by atoms with Crippen molar-refractivity contribution in [2.75, 3.05) is 19.6 Å². The largest absolute Gasteiger partial charge is 0.330 e. The third-order valence-corrected chi connectivity index (χ3v) is 2.44. The monoisotopic (exact) mass is 172 g/mol. The fourth-order valence-corrected chi connectivity index (χ4v) is 1.62. The topological polar surface area (TPSA) is 38.0 Å². The summed E-state index contributed by atoms with van der Waals surface area (Å²) in [6, 6.07) is 0. The Morgan fingerprint density at radius 2 is 1.83 bits per heavy atom. The smallest absolute Gasteiger partial charge is 0.000823 e. The van der Waals surface area contributed by atoms with Crippen LogP contribution in [0.3, 0.4) is 0 Å². The highest BCUT2D eigenvalue weighted by atomic mass is 14.9. The van der Waals surface area contributed by atoms with E-state index in [4.69, 9.17) is 5.73 Å². The van der Waals surface area contributed by atoms with E-state index in [0.29, 0.717) is 0 Å². The van der Waals surface area contributed by atoms with Crippen molar-refractivity contribution in [3.63, 3.8) is 0 Å². The van der Waals surface area contributed by atoms with E-state index < -0.39 is 0 Å². The van der Waals surface area contributed by atoms with Crippen LogP contribution < -0.4 is 11.1 Å². The summed E-state index contributed by atoms with van der Waals surface area (Å²) < 4.78 is 0. The lowest BCUT2D eigenvalue weighted by atomic mass is 9.89. The summed E-state index contributed by atoms with van der Waals surface area (Å²) in [4.78, 5) is 0. The van der Waals surface area contributed by atoms with Crippen LogP contribution in [0.4, 0.5) is 0 Å². The molecule has 1 rings (SSSR count). The molecule has 0 aromatic carbocycles. The van der Waals surface area contributed by atoms with Crippen LogP contribution in [0.5, 0.6) is 0 Å². The van der Waals surface area contributed by atoms with Crippen molar-refractivity contribution in [3.05, 3.63) is 0 Å². The average Bonchev–Trinajstić information content (AvgIpc) is 2.21. The molecule has 1 fully saturated rings. The Balaban J connectivity index is 0.000000561. The van der Waals surface area contributed by atoms with Crippen LogP contribution >= 0.6 is 0 Å². The van der Waals surface area contributed by atoms with Gasteiger partial charge < -0.3 is 11.1 Å². The second-order valence-corrected chi connectivity index (χ2v) is 3.27. The Morgan fingerprint density at radius 1 is 1.25 bits per heavy atom. The zero-order chi connectivity index (χ0) is 9.40. The Hall–Kier alpha value is -0.0800. The zero-order valence-electron chi connectivity index (χ0n) is 8.77. The molecule has 2 atom stereocenters. The standard InChI is InChI=1S/C8H18N2.C2H6/c1-2-7-3-8(4-9)6-10-5-7;1-2/h7-8,10H,2-6,9H2,1H3;1-2H3. The van der Waals surface area contributed by atoms with E-state index in [0.717, 1.165) is 24.9 Å². The van der Waals surface area contributed by atoms with Gasteiger partial charge in [0.1, 0.15) is 0 Å². The van der Waals surface area contributed by atoms with E-state index in [2.05, 4.69) is 12.2 Å². The number of nitrogens with one attached hydrogen (secondary N) is 1. The number of piperidine rings is 1. The highest BCUT2D eigenvalue weighted by molar-refractivity contribution is 4.75. The van der Waals surface area contributed by atoms with Crippen molar-refractivity contribution in [1.29, 1.82) is 0 Å². The first-order valence-electron chi connectivity index (χ1n) is 5.27. The van der Waals surface area contributed by atoms with E-state index in [1.165, 1.54) is 19.4 Å². The highest BCUT2D eigenvalue weighted by Crippen LogP contribution is 2.17. The molecule has 74 valence electrons. The summed E-state index contributed by atoms with van der Waals surface area (Å²) in [6.45, 7) is 9.44. The van der Waals surface area contributed by atoms with Crippen molar-refractivity contribution in [2.24, 2.45) is 17.6 Å². The van der Waals surface area contributed by atoms with Gasteiger partial charge in [-0.25, -0.2) is 0 Å². The molecule has 2 nitrogen and oxygen atoms in total. The normalized spacial score (nSPS) is 29.0. The molecule has 2 heteroatoms. The molecule has 12 heavy (non-hydrogen) atoms. The number of nitrogens with two attached hydrogens (primary N) is 1. The van der Waals surface area contributed by atoms with Crippen molar-refractivity contribution < 1.29 is 0 Å². The molecule has 1 heterocycles. The molecule has 1 aliphatic heterocycles. The van der Waals surface area contributed by atoms with Gasteiger partial charge in [-0.2, -0.15) is 0 Å². The maximum absolute atomic E-state index is 5.58. The minimum Gasteiger partial charge on any atom is -0.330 e. The lowest BCUT2D eigenvalue weighted by Gasteiger charge is -2.28. The van der Waals surface area contributed by atoms with Crippen LogP contribution in [0.1, 0.15) is 33.6 Å². The molecule has 1 aliphatic rings. The minimum absolute atomic E-state index is 0.735. The summed E-state index contributed by atoms with van der Waals surface area (Å²) >= 11 is 0. The van der Waals surface area contributed by atoms with Gasteiger partial charge in [0, 0.05) is 0 Å². The van der Waals surface area contributed by atoms with E-state index in [-0.39, 0.29) is 0 Å². The second kappa shape index (κ2) is 7.56. The predicted octanol–water partition coefficient (Wildman–Crippen LogP) is 1.61. The highest BCUT2D eigenvalue weighted by Gasteiger charge is 2.18. The molecule has 0 aliphatic carbocycles. The van der Waals surface area contributed by atoms with Gasteiger partial charge in [0.2, 0.25) is 0 Å². The predicted molar refractivity (Wildman–Crippen MR) is 55.2 cm³/mol. The van der Waals surface area contributed by atoms with E-state index >= 15 is 0 Å². The fraction of sp³-hybridized carbons (Fsp3) is 1.00. The van der Waals surface area contributed by atoms with Crippen molar-refractivity contribution >= 4 is 0 Å². The molecule has 0 amide bonds. The maximum atomic E-state index is 5.58. The van der Waals surface area contributed by atoms with E-state index in [1.807, 2.05) is 13.8 Å². The van der Waals surface area contributed by atoms with Crippen LogP contribution in [-0.4, -0.2) is 19.6 Å². The lowest BCUT2D eigenvalue weighted by Crippen LogP contribution is -2.39. The number of hydrogen-bond donors (Lipinski definition) is 2. The van der Waals surface area contributed by atoms with Crippen LogP contribution in [0, 0.1) is 11.8 Å². The molecule has 2 unspecified atom stereocenters. The Morgan fingerprint density at radius 3 is 2.33 bits per heavy atom. The quantitative estimate of drug-likeness (QED) is 0.664. The Labute approximate surface area is 76.9 Å². The second-order valence-electron chi connectivity index (χ2n) is 3.27. The van der Waals surface area contributed by atoms with Crippen LogP contribution in [-0.2, 0) is 0 Å². The molecule has 0 aromatic heterocycles. The maximum Gasteiger partial charge on any atom is -0.000823 e. The van der Waals surface area contributed by atoms with Gasteiger partial charge in [-0.15, -0.1) is 0 Å². The molecule has 1 saturated heterocycles. The summed E-state index contributed by atoms with van der Waals surface area (Å²) in [5.41, 5.74) is 5.58. The SMILES string of the molecule is CC.CCC1CNCC(CN)C1. The lowest BCUT2D eigenvalue weighted by molar-refractivity contribution is 0.285. The van der Waals surface area contributed by atoms with Gasteiger partial charge in [-0.3, -0.25) is 0 Å². The van der Waals surface area contributed by atoms with E-state index in [1.54, 1.807) is 0 Å². The van der Waals surface area contributed by atoms with Crippen LogP contribution in [0.25, 0.3) is 0 Å². The van der Waals surface area contributed by atoms with Gasteiger partial charge >= 0.3 is 0 Å². The van der Waals surface area contributed by atoms with Gasteiger partial charge in [-0.1, -0.05) is 27.2 Å². The molecule has 0 saturated carbocycles. The summed E-state index contributed by atoms with van der Waals surface area (Å²) in [5.74, 6) is 1.61. The van der Waals surface area contributed by atoms with Crippen LogP contribution in [0.2, 0.25) is 0 Å². The first kappa shape index (κ1) is 11.9. The van der Waals surface area contributed by atoms with Crippen molar-refractivity contribution in [1.82, 2.24) is 5.32 Å². The summed E-state index contributed by atoms with van der Waals surface area (Å²) in [7, 11) is 0. The molecular weight excluding hydrogens is 148 g/mol. The molecular formula is C10H24N2. The van der Waals surface area contributed by atoms with Gasteiger partial charge in [0.15, 0.2) is 0 Å². The third-order valence-electron chi connectivity index (χ3n) is 2.44. The summed E-state index contributed by atoms with van der Waals surface area (Å²) in [6.07, 6.45) is 2.63. The molecule has 0 radical (unpaired) electrons. The molecule has 0 aromatic rings. The zero-order valence-corrected chi connectivity index (χ0v) is 8.77. The average molecular weight is 172 g/mol. The minimum atomic E-state index is 0.735. The Kier molecular flexibility index (Phi) is 7.51. The van der Waals surface area contributed by atoms with Crippen molar-refractivity contribution in [2.45, 2.75) is 33.6 Å². The molecule has 0 bridgehead atoms. The van der Waals surface area contributed by atoms with Crippen molar-refractivity contribution in [3.8, 4) is 0 Å². The third kappa shape index (κ3) is 4.07. The van der Waals surface area contributed by atoms with E-state index in [9.17, 15) is 0 Å². The molecule has 3 N–H and O–H groups in total. The summed E-state index contributed by atoms with van der Waals surface area (Å²) in [5, 5.41) is 3.41. The number of hydrogen-bond acceptors (Lipinski definition) is 2. The fourth-order valence-electron chi connectivity index (χ4n) is 1.62. The first-order valence-corrected chi connectivity index (χ1v) is 5.27. The van der Waals surface area contributed by atoms with Gasteiger partial charge in [0.05, 0.1) is 0 Å². The van der Waals surface area contributed by atoms with Gasteiger partial charge in [-0.05, 0) is 37.9 Å². The molecule has 0 spiro atoms. The first-order chi connectivity index (χ1) is 5.86. The van der Waals surface area contributed by atoms with Gasteiger partial charge in [0.25, 0.3) is 0 Å². The Bertz CT molecular complexity index is 83.8. The number of rotatable bonds is 2.